The van der Waals surface area contributed by atoms with Crippen LogP contribution in [-0.4, -0.2) is 79.5 Å². The lowest BCUT2D eigenvalue weighted by atomic mass is 9.88. The molecule has 1 saturated carbocycles. The minimum Gasteiger partial charge on any atom is -0.475 e. The van der Waals surface area contributed by atoms with Gasteiger partial charge >= 0.3 is 12.1 Å². The van der Waals surface area contributed by atoms with E-state index in [0.29, 0.717) is 26.3 Å². The number of carbonyl (C=O) groups is 1. The number of nitrogens with zero attached hydrogens (tertiary/aromatic N) is 2. The van der Waals surface area contributed by atoms with Crippen molar-refractivity contribution in [3.63, 3.8) is 0 Å². The summed E-state index contributed by atoms with van der Waals surface area (Å²) in [4.78, 5) is 11.2. The van der Waals surface area contributed by atoms with Crippen molar-refractivity contribution in [2.45, 2.75) is 37.2 Å². The van der Waals surface area contributed by atoms with Gasteiger partial charge in [0.25, 0.3) is 0 Å². The van der Waals surface area contributed by atoms with Crippen molar-refractivity contribution in [2.75, 3.05) is 39.4 Å². The molecule has 12 heteroatoms. The third kappa shape index (κ3) is 5.74. The van der Waals surface area contributed by atoms with Gasteiger partial charge in [-0.1, -0.05) is 0 Å². The fourth-order valence-electron chi connectivity index (χ4n) is 3.78. The highest BCUT2D eigenvalue weighted by atomic mass is 32.2. The normalized spacial score (nSPS) is 26.2. The number of sulfonamides is 1. The van der Waals surface area contributed by atoms with Gasteiger partial charge in [0.05, 0.1) is 31.3 Å². The van der Waals surface area contributed by atoms with Crippen molar-refractivity contribution >= 4 is 16.0 Å². The minimum absolute atomic E-state index is 0.0783. The summed E-state index contributed by atoms with van der Waals surface area (Å²) >= 11 is 0. The van der Waals surface area contributed by atoms with E-state index in [1.807, 2.05) is 12.1 Å². The Morgan fingerprint density at radius 2 is 1.97 bits per heavy atom. The van der Waals surface area contributed by atoms with Crippen LogP contribution in [0.2, 0.25) is 0 Å². The number of hydrogen-bond acceptors (Lipinski definition) is 6. The highest BCUT2D eigenvalue weighted by Gasteiger charge is 2.47. The molecule has 170 valence electrons. The Bertz CT molecular complexity index is 825. The second-order valence-electron chi connectivity index (χ2n) is 7.97. The zero-order valence-electron chi connectivity index (χ0n) is 16.3. The third-order valence-electron chi connectivity index (χ3n) is 5.43. The number of carboxylic acid groups (broad SMARTS) is 1. The molecule has 0 aromatic carbocycles. The van der Waals surface area contributed by atoms with Gasteiger partial charge in [-0.05, 0) is 37.9 Å². The average molecular weight is 454 g/mol. The van der Waals surface area contributed by atoms with E-state index in [9.17, 15) is 21.6 Å². The molecule has 1 atom stereocenters. The molecule has 4 rings (SSSR count). The summed E-state index contributed by atoms with van der Waals surface area (Å²) in [5.74, 6) is -1.80. The predicted octanol–water partition coefficient (Wildman–Crippen LogP) is 1.93. The van der Waals surface area contributed by atoms with Crippen LogP contribution < -0.4 is 0 Å². The van der Waals surface area contributed by atoms with Crippen molar-refractivity contribution in [3.05, 3.63) is 24.2 Å². The first-order chi connectivity index (χ1) is 14.0. The molecule has 1 spiro atoms. The Kier molecular flexibility index (Phi) is 6.80. The smallest absolute Gasteiger partial charge is 0.475 e. The van der Waals surface area contributed by atoms with Gasteiger partial charge < -0.3 is 14.3 Å². The number of carboxylic acids is 1. The maximum absolute atomic E-state index is 12.6. The maximum atomic E-state index is 12.6. The zero-order valence-corrected chi connectivity index (χ0v) is 17.1. The largest absolute Gasteiger partial charge is 0.490 e. The van der Waals surface area contributed by atoms with E-state index in [1.54, 1.807) is 10.6 Å². The van der Waals surface area contributed by atoms with Crippen LogP contribution in [0.4, 0.5) is 13.2 Å². The maximum Gasteiger partial charge on any atom is 0.490 e. The van der Waals surface area contributed by atoms with Gasteiger partial charge in [-0.2, -0.15) is 17.5 Å². The summed E-state index contributed by atoms with van der Waals surface area (Å²) in [5.41, 5.74) is -0.0783. The first kappa shape index (κ1) is 23.0. The van der Waals surface area contributed by atoms with Crippen molar-refractivity contribution in [1.82, 2.24) is 9.21 Å². The number of likely N-dealkylation sites (tertiary alicyclic amines) is 1. The van der Waals surface area contributed by atoms with Crippen LogP contribution in [0.3, 0.4) is 0 Å². The molecule has 1 unspecified atom stereocenters. The second-order valence-corrected chi connectivity index (χ2v) is 10.2. The fourth-order valence-corrected chi connectivity index (χ4v) is 5.72. The molecule has 0 amide bonds. The molecule has 8 nitrogen and oxygen atoms in total. The standard InChI is InChI=1S/C16H24N2O4S.C2HF3O2/c19-23(20,15-3-4-15)18-7-9-21-13-16(12-18)5-6-17(11-16)10-14-2-1-8-22-14;3-2(4,5)1(6)7/h1-2,8,15H,3-7,9-13H2;(H,6,7). The van der Waals surface area contributed by atoms with E-state index in [0.717, 1.165) is 44.7 Å². The number of alkyl halides is 3. The summed E-state index contributed by atoms with van der Waals surface area (Å²) in [5, 5.41) is 6.98. The predicted molar refractivity (Wildman–Crippen MR) is 99.1 cm³/mol. The number of rotatable bonds is 4. The quantitative estimate of drug-likeness (QED) is 0.742. The molecule has 2 aliphatic heterocycles. The molecular formula is C18H25F3N2O6S. The highest BCUT2D eigenvalue weighted by Crippen LogP contribution is 2.38. The van der Waals surface area contributed by atoms with E-state index >= 15 is 0 Å². The van der Waals surface area contributed by atoms with E-state index in [2.05, 4.69) is 4.90 Å². The molecule has 0 bridgehead atoms. The first-order valence-electron chi connectivity index (χ1n) is 9.63. The number of hydrogen-bond donors (Lipinski definition) is 1. The summed E-state index contributed by atoms with van der Waals surface area (Å²) in [7, 11) is -3.13. The summed E-state index contributed by atoms with van der Waals surface area (Å²) in [6.45, 7) is 4.86. The van der Waals surface area contributed by atoms with Gasteiger partial charge in [0, 0.05) is 25.0 Å². The number of ether oxygens (including phenoxy) is 1. The molecule has 1 N–H and O–H groups in total. The van der Waals surface area contributed by atoms with Crippen molar-refractivity contribution in [2.24, 2.45) is 5.41 Å². The van der Waals surface area contributed by atoms with Gasteiger partial charge in [0.2, 0.25) is 10.0 Å². The van der Waals surface area contributed by atoms with Gasteiger partial charge in [-0.25, -0.2) is 13.2 Å². The van der Waals surface area contributed by atoms with Crippen LogP contribution in [0.15, 0.2) is 22.8 Å². The number of aliphatic carboxylic acids is 1. The van der Waals surface area contributed by atoms with Crippen LogP contribution in [-0.2, 0) is 26.1 Å². The Hall–Kier alpha value is -1.63. The van der Waals surface area contributed by atoms with Gasteiger partial charge in [0.1, 0.15) is 5.76 Å². The number of furan rings is 1. The molecule has 0 radical (unpaired) electrons. The van der Waals surface area contributed by atoms with Gasteiger partial charge in [0.15, 0.2) is 0 Å². The fraction of sp³-hybridized carbons (Fsp3) is 0.722. The number of halogens is 3. The monoisotopic (exact) mass is 454 g/mol. The Balaban J connectivity index is 0.000000318. The zero-order chi connectivity index (χ0) is 22.0. The van der Waals surface area contributed by atoms with Crippen LogP contribution in [0.5, 0.6) is 0 Å². The highest BCUT2D eigenvalue weighted by molar-refractivity contribution is 7.90. The third-order valence-corrected chi connectivity index (χ3v) is 7.78. The average Bonchev–Trinajstić information content (AvgIpc) is 3.34. The lowest BCUT2D eigenvalue weighted by molar-refractivity contribution is -0.192. The molecular weight excluding hydrogens is 429 g/mol. The summed E-state index contributed by atoms with van der Waals surface area (Å²) in [6.07, 6.45) is -0.779. The van der Waals surface area contributed by atoms with Crippen LogP contribution in [0, 0.1) is 5.41 Å². The molecule has 2 saturated heterocycles. The molecule has 1 aromatic rings. The van der Waals surface area contributed by atoms with Crippen LogP contribution >= 0.6 is 0 Å². The topological polar surface area (TPSA) is 100 Å². The van der Waals surface area contributed by atoms with Gasteiger partial charge in [-0.3, -0.25) is 4.90 Å². The second kappa shape index (κ2) is 8.85. The minimum atomic E-state index is -5.08. The summed E-state index contributed by atoms with van der Waals surface area (Å²) in [6, 6.07) is 3.89. The molecule has 3 fully saturated rings. The lowest BCUT2D eigenvalue weighted by Crippen LogP contribution is -2.44. The van der Waals surface area contributed by atoms with E-state index < -0.39 is 22.2 Å². The molecule has 1 aromatic heterocycles. The van der Waals surface area contributed by atoms with Crippen molar-refractivity contribution < 1.29 is 40.6 Å². The molecule has 3 heterocycles. The van der Waals surface area contributed by atoms with Crippen LogP contribution in [0.1, 0.15) is 25.0 Å². The summed E-state index contributed by atoms with van der Waals surface area (Å²) < 4.78 is 69.9. The Labute approximate surface area is 172 Å². The van der Waals surface area contributed by atoms with Crippen molar-refractivity contribution in [3.8, 4) is 0 Å². The Morgan fingerprint density at radius 3 is 2.53 bits per heavy atom. The lowest BCUT2D eigenvalue weighted by Gasteiger charge is -2.31. The molecule has 30 heavy (non-hydrogen) atoms. The molecule has 3 aliphatic rings. The van der Waals surface area contributed by atoms with E-state index in [1.165, 1.54) is 0 Å². The van der Waals surface area contributed by atoms with Crippen molar-refractivity contribution in [1.29, 1.82) is 0 Å². The van der Waals surface area contributed by atoms with Crippen LogP contribution in [0.25, 0.3) is 0 Å². The molecule has 1 aliphatic carbocycles. The SMILES string of the molecule is O=C(O)C(F)(F)F.O=S(=O)(C1CC1)N1CCOCC2(CCN(Cc3ccco3)C2)C1. The Morgan fingerprint density at radius 1 is 1.27 bits per heavy atom. The van der Waals surface area contributed by atoms with E-state index in [4.69, 9.17) is 19.1 Å². The first-order valence-corrected chi connectivity index (χ1v) is 11.1. The van der Waals surface area contributed by atoms with E-state index in [-0.39, 0.29) is 10.7 Å². The van der Waals surface area contributed by atoms with Gasteiger partial charge in [-0.15, -0.1) is 0 Å².